The molecule has 6 nitrogen and oxygen atoms in total. The number of methoxy groups -OCH3 is 1. The van der Waals surface area contributed by atoms with Crippen LogP contribution in [0.2, 0.25) is 0 Å². The SMILES string of the molecule is CCOC(=O)[C@@H]1C(=O)C2=C(C[C@@H]1c1cccs1)N(c1ccccc1C(F)(F)F)C(=O)C[C@@H]2c1cccc(OC)c1. The Kier molecular flexibility index (Phi) is 7.55. The maximum absolute atomic E-state index is 14.3. The van der Waals surface area contributed by atoms with Gasteiger partial charge in [-0.15, -0.1) is 11.3 Å². The third kappa shape index (κ3) is 4.92. The van der Waals surface area contributed by atoms with Gasteiger partial charge in [0.05, 0.1) is 25.0 Å². The number of allylic oxidation sites excluding steroid dienone is 2. The van der Waals surface area contributed by atoms with Gasteiger partial charge in [0.25, 0.3) is 0 Å². The van der Waals surface area contributed by atoms with E-state index in [1.54, 1.807) is 48.7 Å². The van der Waals surface area contributed by atoms with E-state index in [0.717, 1.165) is 11.0 Å². The number of amides is 1. The number of halogens is 3. The van der Waals surface area contributed by atoms with Crippen LogP contribution in [0.25, 0.3) is 0 Å². The van der Waals surface area contributed by atoms with Crippen molar-refractivity contribution < 1.29 is 37.0 Å². The minimum Gasteiger partial charge on any atom is -0.497 e. The van der Waals surface area contributed by atoms with Gasteiger partial charge in [0.2, 0.25) is 5.91 Å². The summed E-state index contributed by atoms with van der Waals surface area (Å²) in [5, 5.41) is 1.80. The fourth-order valence-corrected chi connectivity index (χ4v) is 6.50. The lowest BCUT2D eigenvalue weighted by molar-refractivity contribution is -0.152. The third-order valence-electron chi connectivity index (χ3n) is 7.32. The summed E-state index contributed by atoms with van der Waals surface area (Å²) in [6.45, 7) is 1.71. The van der Waals surface area contributed by atoms with E-state index in [0.29, 0.717) is 16.2 Å². The Morgan fingerprint density at radius 1 is 1.05 bits per heavy atom. The number of carbonyl (C=O) groups is 3. The van der Waals surface area contributed by atoms with Crippen LogP contribution >= 0.6 is 11.3 Å². The Balaban J connectivity index is 1.76. The molecule has 2 aromatic carbocycles. The van der Waals surface area contributed by atoms with Gasteiger partial charge in [-0.3, -0.25) is 19.3 Å². The number of thiophene rings is 1. The molecule has 0 saturated carbocycles. The molecule has 40 heavy (non-hydrogen) atoms. The fourth-order valence-electron chi connectivity index (χ4n) is 5.63. The molecule has 208 valence electrons. The van der Waals surface area contributed by atoms with Crippen molar-refractivity contribution in [2.45, 2.75) is 37.8 Å². The summed E-state index contributed by atoms with van der Waals surface area (Å²) in [7, 11) is 1.49. The van der Waals surface area contributed by atoms with Gasteiger partial charge in [0.15, 0.2) is 5.78 Å². The smallest absolute Gasteiger partial charge is 0.418 e. The average Bonchev–Trinajstić information content (AvgIpc) is 3.47. The molecule has 1 aliphatic heterocycles. The lowest BCUT2D eigenvalue weighted by atomic mass is 9.69. The summed E-state index contributed by atoms with van der Waals surface area (Å²) in [4.78, 5) is 43.1. The number of hydrogen-bond donors (Lipinski definition) is 0. The third-order valence-corrected chi connectivity index (χ3v) is 8.32. The van der Waals surface area contributed by atoms with Gasteiger partial charge in [-0.1, -0.05) is 30.3 Å². The number of rotatable bonds is 6. The number of ketones is 1. The van der Waals surface area contributed by atoms with Gasteiger partial charge < -0.3 is 9.47 Å². The molecule has 3 aromatic rings. The van der Waals surface area contributed by atoms with E-state index < -0.39 is 47.2 Å². The maximum Gasteiger partial charge on any atom is 0.418 e. The number of ether oxygens (including phenoxy) is 2. The molecule has 3 atom stereocenters. The van der Waals surface area contributed by atoms with Crippen molar-refractivity contribution in [3.63, 3.8) is 0 Å². The van der Waals surface area contributed by atoms with Gasteiger partial charge >= 0.3 is 12.1 Å². The predicted octanol–water partition coefficient (Wildman–Crippen LogP) is 6.49. The van der Waals surface area contributed by atoms with Crippen molar-refractivity contribution >= 4 is 34.7 Å². The number of benzene rings is 2. The first kappa shape index (κ1) is 27.6. The second-order valence-corrected chi connectivity index (χ2v) is 10.5. The monoisotopic (exact) mass is 569 g/mol. The van der Waals surface area contributed by atoms with Crippen LogP contribution in [0.4, 0.5) is 18.9 Å². The molecule has 0 radical (unpaired) electrons. The highest BCUT2D eigenvalue weighted by atomic mass is 32.1. The van der Waals surface area contributed by atoms with Crippen molar-refractivity contribution in [3.8, 4) is 5.75 Å². The van der Waals surface area contributed by atoms with Crippen LogP contribution in [0.1, 0.15) is 47.6 Å². The summed E-state index contributed by atoms with van der Waals surface area (Å²) >= 11 is 1.33. The Hall–Kier alpha value is -3.92. The number of Topliss-reactive ketones (excluding diaryl/α,β-unsaturated/α-hetero) is 1. The molecule has 1 amide bonds. The van der Waals surface area contributed by atoms with Gasteiger partial charge in [0.1, 0.15) is 11.7 Å². The number of para-hydroxylation sites is 1. The van der Waals surface area contributed by atoms with E-state index in [1.165, 1.54) is 36.6 Å². The Bertz CT molecular complexity index is 1480. The van der Waals surface area contributed by atoms with Gasteiger partial charge in [-0.2, -0.15) is 13.2 Å². The Morgan fingerprint density at radius 3 is 2.50 bits per heavy atom. The van der Waals surface area contributed by atoms with Crippen LogP contribution in [0.3, 0.4) is 0 Å². The Morgan fingerprint density at radius 2 is 1.82 bits per heavy atom. The van der Waals surface area contributed by atoms with Crippen LogP contribution in [-0.2, 0) is 25.3 Å². The molecule has 0 fully saturated rings. The zero-order valence-corrected chi connectivity index (χ0v) is 22.6. The highest BCUT2D eigenvalue weighted by molar-refractivity contribution is 7.10. The van der Waals surface area contributed by atoms with E-state index in [4.69, 9.17) is 9.47 Å². The average molecular weight is 570 g/mol. The van der Waals surface area contributed by atoms with Crippen LogP contribution in [0.15, 0.2) is 77.3 Å². The zero-order valence-electron chi connectivity index (χ0n) is 21.7. The van der Waals surface area contributed by atoms with E-state index in [1.807, 2.05) is 0 Å². The normalized spacial score (nSPS) is 21.3. The second-order valence-electron chi connectivity index (χ2n) is 9.56. The summed E-state index contributed by atoms with van der Waals surface area (Å²) in [5.74, 6) is -4.00. The second kappa shape index (κ2) is 10.9. The molecule has 0 unspecified atom stereocenters. The summed E-state index contributed by atoms with van der Waals surface area (Å²) in [6, 6.07) is 15.3. The molecule has 2 heterocycles. The molecule has 5 rings (SSSR count). The lowest BCUT2D eigenvalue weighted by Crippen LogP contribution is -2.47. The molecular weight excluding hydrogens is 543 g/mol. The summed E-state index contributed by atoms with van der Waals surface area (Å²) in [5.41, 5.74) is -0.415. The molecular formula is C30H26F3NO5S. The van der Waals surface area contributed by atoms with Gasteiger partial charge in [-0.25, -0.2) is 0 Å². The minimum atomic E-state index is -4.74. The molecule has 0 spiro atoms. The standard InChI is InChI=1S/C30H26F3NO5S/c1-3-39-29(37)27-20(24-12-7-13-40-24)15-23-26(28(27)36)19(17-8-6-9-18(14-17)38-2)16-25(35)34(23)22-11-5-4-10-21(22)30(31,32)33/h4-14,19-20,27H,3,15-16H2,1-2H3/t19-,20-,27+/m1/s1. The van der Waals surface area contributed by atoms with Crippen molar-refractivity contribution in [3.05, 3.63) is 93.3 Å². The minimum absolute atomic E-state index is 0.00344. The molecule has 0 N–H and O–H groups in total. The van der Waals surface area contributed by atoms with E-state index in [2.05, 4.69) is 0 Å². The quantitative estimate of drug-likeness (QED) is 0.251. The van der Waals surface area contributed by atoms with Gasteiger partial charge in [-0.05, 0) is 54.6 Å². The number of hydrogen-bond acceptors (Lipinski definition) is 6. The lowest BCUT2D eigenvalue weighted by Gasteiger charge is -2.42. The first-order valence-electron chi connectivity index (χ1n) is 12.8. The molecule has 1 aliphatic carbocycles. The van der Waals surface area contributed by atoms with Crippen molar-refractivity contribution in [1.82, 2.24) is 0 Å². The summed E-state index contributed by atoms with van der Waals surface area (Å²) in [6.07, 6.45) is -4.99. The van der Waals surface area contributed by atoms with Crippen molar-refractivity contribution in [1.29, 1.82) is 0 Å². The van der Waals surface area contributed by atoms with E-state index in [9.17, 15) is 27.6 Å². The molecule has 2 aliphatic rings. The van der Waals surface area contributed by atoms with Crippen LogP contribution in [0.5, 0.6) is 5.75 Å². The molecule has 0 bridgehead atoms. The highest BCUT2D eigenvalue weighted by Crippen LogP contribution is 2.51. The first-order chi connectivity index (χ1) is 19.2. The molecule has 10 heteroatoms. The van der Waals surface area contributed by atoms with Crippen LogP contribution in [0, 0.1) is 5.92 Å². The van der Waals surface area contributed by atoms with Crippen LogP contribution in [-0.4, -0.2) is 31.4 Å². The number of anilines is 1. The fraction of sp³-hybridized carbons (Fsp3) is 0.300. The predicted molar refractivity (Wildman–Crippen MR) is 143 cm³/mol. The zero-order chi connectivity index (χ0) is 28.6. The van der Waals surface area contributed by atoms with Crippen molar-refractivity contribution in [2.24, 2.45) is 5.92 Å². The largest absolute Gasteiger partial charge is 0.497 e. The van der Waals surface area contributed by atoms with E-state index in [-0.39, 0.29) is 36.4 Å². The first-order valence-corrected chi connectivity index (χ1v) is 13.6. The highest BCUT2D eigenvalue weighted by Gasteiger charge is 2.51. The van der Waals surface area contributed by atoms with E-state index >= 15 is 0 Å². The maximum atomic E-state index is 14.3. The Labute approximate surface area is 233 Å². The molecule has 1 aromatic heterocycles. The number of esters is 1. The number of alkyl halides is 3. The topological polar surface area (TPSA) is 72.9 Å². The number of carbonyl (C=O) groups excluding carboxylic acids is 3. The molecule has 0 saturated heterocycles. The van der Waals surface area contributed by atoms with Crippen LogP contribution < -0.4 is 9.64 Å². The van der Waals surface area contributed by atoms with Crippen molar-refractivity contribution in [2.75, 3.05) is 18.6 Å². The summed E-state index contributed by atoms with van der Waals surface area (Å²) < 4.78 is 53.0. The van der Waals surface area contributed by atoms with Gasteiger partial charge in [0, 0.05) is 34.4 Å². The number of nitrogens with zero attached hydrogens (tertiary/aromatic N) is 1.